The number of nitrogens with one attached hydrogen (secondary N) is 1. The lowest BCUT2D eigenvalue weighted by molar-refractivity contribution is 0.0952. The molecule has 120 valence electrons. The van der Waals surface area contributed by atoms with Crippen LogP contribution in [0.2, 0.25) is 0 Å². The van der Waals surface area contributed by atoms with Gasteiger partial charge in [-0.3, -0.25) is 4.79 Å². The van der Waals surface area contributed by atoms with Crippen molar-refractivity contribution >= 4 is 22.9 Å². The van der Waals surface area contributed by atoms with E-state index in [1.807, 2.05) is 24.3 Å². The number of aromatic hydroxyl groups is 1. The molecule has 3 aromatic carbocycles. The highest BCUT2D eigenvalue weighted by Crippen LogP contribution is 2.24. The van der Waals surface area contributed by atoms with Gasteiger partial charge < -0.3 is 5.11 Å². The first-order valence-corrected chi connectivity index (χ1v) is 7.05. The Labute approximate surface area is 136 Å². The van der Waals surface area contributed by atoms with E-state index in [-0.39, 0.29) is 16.9 Å². The van der Waals surface area contributed by atoms with Crippen LogP contribution >= 0.6 is 0 Å². The molecule has 0 aromatic heterocycles. The van der Waals surface area contributed by atoms with E-state index in [1.54, 1.807) is 0 Å². The molecule has 1 amide bonds. The molecule has 24 heavy (non-hydrogen) atoms. The monoisotopic (exact) mass is 326 g/mol. The third kappa shape index (κ3) is 3.22. The van der Waals surface area contributed by atoms with Crippen LogP contribution in [-0.4, -0.2) is 17.2 Å². The van der Waals surface area contributed by atoms with E-state index in [0.717, 1.165) is 29.1 Å². The van der Waals surface area contributed by atoms with Gasteiger partial charge in [-0.1, -0.05) is 24.3 Å². The summed E-state index contributed by atoms with van der Waals surface area (Å²) < 4.78 is 26.3. The summed E-state index contributed by atoms with van der Waals surface area (Å²) >= 11 is 0. The smallest absolute Gasteiger partial charge is 0.275 e. The van der Waals surface area contributed by atoms with Crippen LogP contribution in [0.3, 0.4) is 0 Å². The van der Waals surface area contributed by atoms with Gasteiger partial charge in [0.2, 0.25) is 0 Å². The number of hydrazone groups is 1. The molecule has 0 spiro atoms. The van der Waals surface area contributed by atoms with Crippen molar-refractivity contribution in [2.24, 2.45) is 5.10 Å². The number of hydrogen-bond donors (Lipinski definition) is 2. The second kappa shape index (κ2) is 6.45. The molecule has 6 heteroatoms. The molecule has 0 unspecified atom stereocenters. The fourth-order valence-electron chi connectivity index (χ4n) is 2.24. The third-order valence-corrected chi connectivity index (χ3v) is 3.44. The molecule has 0 aliphatic heterocycles. The van der Waals surface area contributed by atoms with Crippen LogP contribution in [0.25, 0.3) is 10.8 Å². The summed E-state index contributed by atoms with van der Waals surface area (Å²) in [6, 6.07) is 13.3. The van der Waals surface area contributed by atoms with Crippen molar-refractivity contribution < 1.29 is 18.7 Å². The first-order valence-electron chi connectivity index (χ1n) is 7.05. The van der Waals surface area contributed by atoms with E-state index < -0.39 is 17.5 Å². The largest absolute Gasteiger partial charge is 0.507 e. The van der Waals surface area contributed by atoms with Crippen molar-refractivity contribution in [3.63, 3.8) is 0 Å². The Bertz CT molecular complexity index is 955. The van der Waals surface area contributed by atoms with E-state index in [1.165, 1.54) is 18.2 Å². The number of carbonyl (C=O) groups excluding carboxylic acids is 1. The summed E-state index contributed by atoms with van der Waals surface area (Å²) in [5.41, 5.74) is 2.28. The van der Waals surface area contributed by atoms with Crippen LogP contribution in [0.1, 0.15) is 15.9 Å². The molecule has 4 nitrogen and oxygen atoms in total. The topological polar surface area (TPSA) is 61.7 Å². The molecular weight excluding hydrogens is 314 g/mol. The summed E-state index contributed by atoms with van der Waals surface area (Å²) in [5, 5.41) is 15.2. The first kappa shape index (κ1) is 15.6. The number of fused-ring (bicyclic) bond motifs is 1. The Morgan fingerprint density at radius 1 is 1.04 bits per heavy atom. The zero-order valence-electron chi connectivity index (χ0n) is 12.3. The van der Waals surface area contributed by atoms with Crippen LogP contribution in [-0.2, 0) is 0 Å². The Hall–Kier alpha value is -3.28. The summed E-state index contributed by atoms with van der Waals surface area (Å²) in [7, 11) is 0. The van der Waals surface area contributed by atoms with Crippen molar-refractivity contribution in [2.45, 2.75) is 0 Å². The van der Waals surface area contributed by atoms with Crippen molar-refractivity contribution in [3.8, 4) is 5.75 Å². The minimum Gasteiger partial charge on any atom is -0.507 e. The number of hydrogen-bond acceptors (Lipinski definition) is 3. The summed E-state index contributed by atoms with van der Waals surface area (Å²) in [6.07, 6.45) is 1.06. The number of halogens is 2. The molecule has 0 saturated carbocycles. The lowest BCUT2D eigenvalue weighted by atomic mass is 10.1. The summed E-state index contributed by atoms with van der Waals surface area (Å²) in [4.78, 5) is 12.1. The Kier molecular flexibility index (Phi) is 4.20. The lowest BCUT2D eigenvalue weighted by Gasteiger charge is -2.05. The van der Waals surface area contributed by atoms with Crippen LogP contribution < -0.4 is 5.43 Å². The fourth-order valence-corrected chi connectivity index (χ4v) is 2.24. The van der Waals surface area contributed by atoms with Gasteiger partial charge in [-0.2, -0.15) is 5.10 Å². The predicted octanol–water partition coefficient (Wildman–Crippen LogP) is 3.59. The molecule has 0 heterocycles. The van der Waals surface area contributed by atoms with Gasteiger partial charge in [0, 0.05) is 11.6 Å². The highest BCUT2D eigenvalue weighted by molar-refractivity contribution is 6.01. The molecule has 0 saturated heterocycles. The fraction of sp³-hybridized carbons (Fsp3) is 0. The first-order chi connectivity index (χ1) is 11.5. The second-order valence-electron chi connectivity index (χ2n) is 5.08. The van der Waals surface area contributed by atoms with Crippen LogP contribution in [0.4, 0.5) is 8.78 Å². The van der Waals surface area contributed by atoms with Gasteiger partial charge in [-0.15, -0.1) is 0 Å². The van der Waals surface area contributed by atoms with Gasteiger partial charge in [-0.25, -0.2) is 14.2 Å². The number of phenols is 1. The van der Waals surface area contributed by atoms with Gasteiger partial charge in [0.1, 0.15) is 17.4 Å². The highest BCUT2D eigenvalue weighted by Gasteiger charge is 2.11. The molecule has 3 rings (SSSR count). The van der Waals surface area contributed by atoms with Gasteiger partial charge in [-0.05, 0) is 35.0 Å². The number of phenolic OH excluding ortho intramolecular Hbond substituents is 1. The predicted molar refractivity (Wildman–Crippen MR) is 87.0 cm³/mol. The molecule has 0 bridgehead atoms. The van der Waals surface area contributed by atoms with E-state index in [4.69, 9.17) is 0 Å². The lowest BCUT2D eigenvalue weighted by Crippen LogP contribution is -2.17. The van der Waals surface area contributed by atoms with E-state index >= 15 is 0 Å². The molecule has 0 aliphatic carbocycles. The summed E-state index contributed by atoms with van der Waals surface area (Å²) in [6.45, 7) is 0. The quantitative estimate of drug-likeness (QED) is 0.571. The molecule has 3 aromatic rings. The summed E-state index contributed by atoms with van der Waals surface area (Å²) in [5.74, 6) is -2.32. The van der Waals surface area contributed by atoms with Crippen LogP contribution in [0.15, 0.2) is 59.7 Å². The maximum Gasteiger partial charge on any atom is 0.275 e. The average molecular weight is 326 g/mol. The number of rotatable bonds is 3. The van der Waals surface area contributed by atoms with Gasteiger partial charge >= 0.3 is 0 Å². The number of amides is 1. The Morgan fingerprint density at radius 3 is 2.46 bits per heavy atom. The molecule has 2 N–H and O–H groups in total. The normalized spacial score (nSPS) is 11.1. The van der Waals surface area contributed by atoms with E-state index in [2.05, 4.69) is 10.5 Å². The number of benzene rings is 3. The molecular formula is C18H12F2N2O2. The van der Waals surface area contributed by atoms with E-state index in [9.17, 15) is 18.7 Å². The Morgan fingerprint density at radius 2 is 1.75 bits per heavy atom. The molecule has 0 radical (unpaired) electrons. The Balaban J connectivity index is 1.80. The minimum atomic E-state index is -0.790. The van der Waals surface area contributed by atoms with Crippen molar-refractivity contribution in [2.75, 3.05) is 0 Å². The second-order valence-corrected chi connectivity index (χ2v) is 5.08. The molecule has 0 fully saturated rings. The van der Waals surface area contributed by atoms with Gasteiger partial charge in [0.15, 0.2) is 0 Å². The minimum absolute atomic E-state index is 0.0273. The van der Waals surface area contributed by atoms with Crippen molar-refractivity contribution in [3.05, 3.63) is 77.4 Å². The van der Waals surface area contributed by atoms with Crippen LogP contribution in [0.5, 0.6) is 5.75 Å². The van der Waals surface area contributed by atoms with Crippen molar-refractivity contribution in [1.29, 1.82) is 0 Å². The maximum absolute atomic E-state index is 13.5. The van der Waals surface area contributed by atoms with Gasteiger partial charge in [0.05, 0.1) is 11.8 Å². The zero-order chi connectivity index (χ0) is 17.1. The van der Waals surface area contributed by atoms with E-state index in [0.29, 0.717) is 0 Å². The molecule has 0 atom stereocenters. The van der Waals surface area contributed by atoms with Gasteiger partial charge in [0.25, 0.3) is 5.91 Å². The third-order valence-electron chi connectivity index (χ3n) is 3.44. The standard InChI is InChI=1S/C18H12F2N2O2/c19-14-6-5-13(16(20)9-14)10-21-22-18(24)15-7-11-3-1-2-4-12(11)8-17(15)23/h1-10,23H,(H,22,24). The number of carbonyl (C=O) groups is 1. The zero-order valence-corrected chi connectivity index (χ0v) is 12.3. The van der Waals surface area contributed by atoms with Crippen molar-refractivity contribution in [1.82, 2.24) is 5.43 Å². The number of nitrogens with zero attached hydrogens (tertiary/aromatic N) is 1. The molecule has 0 aliphatic rings. The highest BCUT2D eigenvalue weighted by atomic mass is 19.1. The maximum atomic E-state index is 13.5. The van der Waals surface area contributed by atoms with Crippen LogP contribution in [0, 0.1) is 11.6 Å². The average Bonchev–Trinajstić information content (AvgIpc) is 2.56. The SMILES string of the molecule is O=C(NN=Cc1ccc(F)cc1F)c1cc2ccccc2cc1O.